The summed E-state index contributed by atoms with van der Waals surface area (Å²) in [5.74, 6) is 0. The number of hydrogen-bond donors (Lipinski definition) is 0. The average molecular weight is 170 g/mol. The van der Waals surface area contributed by atoms with Gasteiger partial charge in [0.15, 0.2) is 0 Å². The molecular formula is C9H15FSi. The molecule has 0 aromatic heterocycles. The highest BCUT2D eigenvalue weighted by Gasteiger charge is 1.97. The van der Waals surface area contributed by atoms with Crippen LogP contribution in [0.3, 0.4) is 0 Å². The maximum absolute atomic E-state index is 2.24. The first kappa shape index (κ1) is 10.4. The summed E-state index contributed by atoms with van der Waals surface area (Å²) >= 11 is 0. The maximum Gasteiger partial charge on any atom is 0.0388 e. The molecule has 0 aliphatic carbocycles. The molecule has 0 nitrogen and oxygen atoms in total. The molecule has 0 unspecified atom stereocenters. The zero-order valence-corrected chi connectivity index (χ0v) is 9.56. The highest BCUT2D eigenvalue weighted by Crippen LogP contribution is 2.07. The van der Waals surface area contributed by atoms with E-state index in [1.165, 1.54) is 32.1 Å². The van der Waals surface area contributed by atoms with Crippen LogP contribution in [0.2, 0.25) is 0 Å². The van der Waals surface area contributed by atoms with Gasteiger partial charge in [0, 0.05) is 10.2 Å². The van der Waals surface area contributed by atoms with Gasteiger partial charge in [-0.3, -0.25) is 4.70 Å². The molecule has 1 aromatic carbocycles. The Morgan fingerprint density at radius 3 is 2.00 bits per heavy atom. The Kier molecular flexibility index (Phi) is 3.46. The zero-order chi connectivity index (χ0) is 7.72. The first-order valence-electron chi connectivity index (χ1n) is 3.66. The standard InChI is InChI=1S/C9H14Si.FH/c1-6-4-5-9(10)8(3)7(6)2;/h4-5H,1-3,10H3;1H. The van der Waals surface area contributed by atoms with Crippen molar-refractivity contribution in [1.82, 2.24) is 0 Å². The van der Waals surface area contributed by atoms with E-state index < -0.39 is 0 Å². The Labute approximate surface area is 70.4 Å². The minimum Gasteiger partial charge on any atom is -0.269 e. The lowest BCUT2D eigenvalue weighted by Crippen LogP contribution is -2.08. The van der Waals surface area contributed by atoms with E-state index in [1.807, 2.05) is 0 Å². The van der Waals surface area contributed by atoms with Crippen LogP contribution >= 0.6 is 0 Å². The van der Waals surface area contributed by atoms with Crippen LogP contribution in [0.25, 0.3) is 0 Å². The fraction of sp³-hybridized carbons (Fsp3) is 0.333. The molecule has 0 spiro atoms. The molecular weight excluding hydrogens is 155 g/mol. The Morgan fingerprint density at radius 2 is 1.55 bits per heavy atom. The minimum atomic E-state index is 0. The molecule has 0 aliphatic heterocycles. The van der Waals surface area contributed by atoms with E-state index in [0.29, 0.717) is 0 Å². The van der Waals surface area contributed by atoms with Gasteiger partial charge in [0.1, 0.15) is 0 Å². The highest BCUT2D eigenvalue weighted by atomic mass is 28.1. The summed E-state index contributed by atoms with van der Waals surface area (Å²) in [6, 6.07) is 4.45. The quantitative estimate of drug-likeness (QED) is 0.504. The van der Waals surface area contributed by atoms with Crippen LogP contribution < -0.4 is 5.19 Å². The topological polar surface area (TPSA) is 0 Å². The van der Waals surface area contributed by atoms with Crippen LogP contribution in [0.1, 0.15) is 16.7 Å². The Morgan fingerprint density at radius 1 is 1.00 bits per heavy atom. The summed E-state index contributed by atoms with van der Waals surface area (Å²) in [5, 5.41) is 1.53. The molecule has 1 rings (SSSR count). The van der Waals surface area contributed by atoms with Crippen molar-refractivity contribution in [2.75, 3.05) is 0 Å². The van der Waals surface area contributed by atoms with E-state index in [2.05, 4.69) is 32.9 Å². The maximum atomic E-state index is 2.24. The van der Waals surface area contributed by atoms with Gasteiger partial charge in [-0.1, -0.05) is 17.3 Å². The van der Waals surface area contributed by atoms with Gasteiger partial charge < -0.3 is 0 Å². The van der Waals surface area contributed by atoms with E-state index in [9.17, 15) is 0 Å². The first-order chi connectivity index (χ1) is 4.63. The van der Waals surface area contributed by atoms with Gasteiger partial charge in [-0.25, -0.2) is 0 Å². The van der Waals surface area contributed by atoms with Crippen LogP contribution in [0.5, 0.6) is 0 Å². The van der Waals surface area contributed by atoms with Crippen molar-refractivity contribution >= 4 is 15.4 Å². The van der Waals surface area contributed by atoms with Crippen LogP contribution in [-0.4, -0.2) is 10.2 Å². The lowest BCUT2D eigenvalue weighted by molar-refractivity contribution is 1.11. The third kappa shape index (κ3) is 1.90. The number of rotatable bonds is 0. The summed E-state index contributed by atoms with van der Waals surface area (Å²) in [6.45, 7) is 6.58. The molecule has 0 fully saturated rings. The molecule has 0 aliphatic rings. The summed E-state index contributed by atoms with van der Waals surface area (Å²) in [4.78, 5) is 0. The van der Waals surface area contributed by atoms with Gasteiger partial charge in [0.05, 0.1) is 0 Å². The molecule has 0 heterocycles. The van der Waals surface area contributed by atoms with Gasteiger partial charge >= 0.3 is 0 Å². The highest BCUT2D eigenvalue weighted by molar-refractivity contribution is 6.33. The second-order valence-corrected chi connectivity index (χ2v) is 4.03. The van der Waals surface area contributed by atoms with Crippen molar-refractivity contribution in [1.29, 1.82) is 0 Å². The number of aryl methyl sites for hydroxylation is 1. The van der Waals surface area contributed by atoms with Gasteiger partial charge in [-0.15, -0.1) is 0 Å². The predicted octanol–water partition coefficient (Wildman–Crippen LogP) is 0.755. The largest absolute Gasteiger partial charge is 0.269 e. The fourth-order valence-electron chi connectivity index (χ4n) is 1.09. The summed E-state index contributed by atoms with van der Waals surface area (Å²) in [5.41, 5.74) is 4.37. The second kappa shape index (κ2) is 3.67. The van der Waals surface area contributed by atoms with Crippen molar-refractivity contribution in [2.24, 2.45) is 0 Å². The van der Waals surface area contributed by atoms with Gasteiger partial charge in [-0.05, 0) is 37.5 Å². The third-order valence-corrected chi connectivity index (χ3v) is 3.41. The van der Waals surface area contributed by atoms with E-state index in [1.54, 1.807) is 0 Å². The Balaban J connectivity index is 0.000001000. The van der Waals surface area contributed by atoms with E-state index in [-0.39, 0.29) is 4.70 Å². The first-order valence-corrected chi connectivity index (χ1v) is 4.66. The van der Waals surface area contributed by atoms with Crippen molar-refractivity contribution in [3.63, 3.8) is 0 Å². The summed E-state index contributed by atoms with van der Waals surface area (Å²) in [6.07, 6.45) is 0. The molecule has 0 amide bonds. The lowest BCUT2D eigenvalue weighted by Gasteiger charge is -2.06. The summed E-state index contributed by atoms with van der Waals surface area (Å²) in [7, 11) is 1.17. The molecule has 0 saturated heterocycles. The SMILES string of the molecule is Cc1ccc([SiH3])c(C)c1C.F. The average Bonchev–Trinajstić information content (AvgIpc) is 1.93. The second-order valence-electron chi connectivity index (χ2n) is 2.95. The smallest absolute Gasteiger partial charge is 0.0388 e. The molecule has 0 radical (unpaired) electrons. The van der Waals surface area contributed by atoms with Crippen LogP contribution in [0.4, 0.5) is 4.70 Å². The molecule has 1 aromatic rings. The van der Waals surface area contributed by atoms with Crippen molar-refractivity contribution < 1.29 is 4.70 Å². The van der Waals surface area contributed by atoms with Crippen molar-refractivity contribution in [2.45, 2.75) is 20.8 Å². The number of benzene rings is 1. The van der Waals surface area contributed by atoms with E-state index >= 15 is 0 Å². The fourth-order valence-corrected chi connectivity index (χ4v) is 1.63. The van der Waals surface area contributed by atoms with Gasteiger partial charge in [0.25, 0.3) is 0 Å². The predicted molar refractivity (Wildman–Crippen MR) is 52.7 cm³/mol. The molecule has 11 heavy (non-hydrogen) atoms. The molecule has 0 saturated carbocycles. The summed E-state index contributed by atoms with van der Waals surface area (Å²) < 4.78 is 0. The molecule has 0 N–H and O–H groups in total. The number of hydrogen-bond acceptors (Lipinski definition) is 0. The van der Waals surface area contributed by atoms with Crippen molar-refractivity contribution in [3.8, 4) is 0 Å². The third-order valence-electron chi connectivity index (χ3n) is 2.33. The monoisotopic (exact) mass is 170 g/mol. The molecule has 0 atom stereocenters. The van der Waals surface area contributed by atoms with Crippen LogP contribution in [-0.2, 0) is 0 Å². The van der Waals surface area contributed by atoms with Gasteiger partial charge in [0.2, 0.25) is 0 Å². The van der Waals surface area contributed by atoms with Crippen molar-refractivity contribution in [3.05, 3.63) is 28.8 Å². The van der Waals surface area contributed by atoms with E-state index in [4.69, 9.17) is 0 Å². The molecule has 62 valence electrons. The normalized spacial score (nSPS) is 9.36. The molecule has 0 bridgehead atoms. The zero-order valence-electron chi connectivity index (χ0n) is 7.56. The lowest BCUT2D eigenvalue weighted by atomic mass is 10.1. The number of halogens is 1. The van der Waals surface area contributed by atoms with Crippen LogP contribution in [0, 0.1) is 20.8 Å². The minimum absolute atomic E-state index is 0. The van der Waals surface area contributed by atoms with Crippen LogP contribution in [0.15, 0.2) is 12.1 Å². The molecule has 2 heteroatoms. The Hall–Kier alpha value is -0.633. The Bertz CT molecular complexity index is 229. The van der Waals surface area contributed by atoms with E-state index in [0.717, 1.165) is 0 Å². The van der Waals surface area contributed by atoms with Gasteiger partial charge in [-0.2, -0.15) is 0 Å².